The lowest BCUT2D eigenvalue weighted by Gasteiger charge is -1.94. The third-order valence-corrected chi connectivity index (χ3v) is 3.15. The van der Waals surface area contributed by atoms with E-state index in [1.807, 2.05) is 0 Å². The lowest BCUT2D eigenvalue weighted by Crippen LogP contribution is -2.01. The van der Waals surface area contributed by atoms with Crippen molar-refractivity contribution in [3.63, 3.8) is 0 Å². The van der Waals surface area contributed by atoms with Crippen LogP contribution in [0.1, 0.15) is 42.6 Å². The third kappa shape index (κ3) is 4.15. The van der Waals surface area contributed by atoms with E-state index in [0.29, 0.717) is 6.54 Å². The molecule has 0 aliphatic carbocycles. The van der Waals surface area contributed by atoms with E-state index in [1.165, 1.54) is 30.7 Å². The highest BCUT2D eigenvalue weighted by Crippen LogP contribution is 2.13. The fourth-order valence-corrected chi connectivity index (χ4v) is 2.22. The van der Waals surface area contributed by atoms with Crippen molar-refractivity contribution in [1.82, 2.24) is 10.2 Å². The minimum Gasteiger partial charge on any atom is -0.330 e. The molecule has 0 saturated heterocycles. The van der Waals surface area contributed by atoms with E-state index in [2.05, 4.69) is 17.1 Å². The van der Waals surface area contributed by atoms with Gasteiger partial charge in [0, 0.05) is 12.8 Å². The zero-order chi connectivity index (χ0) is 10.2. The SMILES string of the molecule is CCCCCCc1nnc(CCN)s1. The zero-order valence-corrected chi connectivity index (χ0v) is 9.65. The molecule has 0 aromatic carbocycles. The number of nitrogens with zero attached hydrogens (tertiary/aromatic N) is 2. The number of aryl methyl sites for hydroxylation is 1. The predicted molar refractivity (Wildman–Crippen MR) is 60.5 cm³/mol. The Balaban J connectivity index is 2.22. The van der Waals surface area contributed by atoms with Crippen molar-refractivity contribution in [3.8, 4) is 0 Å². The fraction of sp³-hybridized carbons (Fsp3) is 0.800. The molecule has 0 saturated carbocycles. The van der Waals surface area contributed by atoms with Crippen molar-refractivity contribution in [2.24, 2.45) is 5.73 Å². The maximum Gasteiger partial charge on any atom is 0.118 e. The van der Waals surface area contributed by atoms with Gasteiger partial charge in [-0.25, -0.2) is 0 Å². The van der Waals surface area contributed by atoms with Crippen LogP contribution in [0.2, 0.25) is 0 Å². The third-order valence-electron chi connectivity index (χ3n) is 2.11. The van der Waals surface area contributed by atoms with Crippen LogP contribution >= 0.6 is 11.3 Å². The van der Waals surface area contributed by atoms with E-state index in [1.54, 1.807) is 11.3 Å². The summed E-state index contributed by atoms with van der Waals surface area (Å²) < 4.78 is 0. The molecular weight excluding hydrogens is 194 g/mol. The molecule has 1 rings (SSSR count). The van der Waals surface area contributed by atoms with Gasteiger partial charge in [0.15, 0.2) is 0 Å². The number of rotatable bonds is 7. The molecule has 0 bridgehead atoms. The molecule has 0 amide bonds. The molecule has 14 heavy (non-hydrogen) atoms. The van der Waals surface area contributed by atoms with Gasteiger partial charge >= 0.3 is 0 Å². The predicted octanol–water partition coefficient (Wildman–Crippen LogP) is 2.16. The topological polar surface area (TPSA) is 51.8 Å². The quantitative estimate of drug-likeness (QED) is 0.706. The van der Waals surface area contributed by atoms with E-state index in [0.717, 1.165) is 17.8 Å². The Bertz CT molecular complexity index is 247. The molecule has 0 atom stereocenters. The molecule has 2 N–H and O–H groups in total. The molecule has 0 unspecified atom stereocenters. The Morgan fingerprint density at radius 3 is 2.43 bits per heavy atom. The van der Waals surface area contributed by atoms with Gasteiger partial charge in [0.25, 0.3) is 0 Å². The average molecular weight is 213 g/mol. The standard InChI is InChI=1S/C10H19N3S/c1-2-3-4-5-6-9-12-13-10(14-9)7-8-11/h2-8,11H2,1H3. The summed E-state index contributed by atoms with van der Waals surface area (Å²) in [5.74, 6) is 0. The number of nitrogens with two attached hydrogens (primary N) is 1. The smallest absolute Gasteiger partial charge is 0.118 e. The Morgan fingerprint density at radius 1 is 1.07 bits per heavy atom. The summed E-state index contributed by atoms with van der Waals surface area (Å²) in [5.41, 5.74) is 5.45. The summed E-state index contributed by atoms with van der Waals surface area (Å²) >= 11 is 1.71. The summed E-state index contributed by atoms with van der Waals surface area (Å²) in [6.45, 7) is 2.90. The van der Waals surface area contributed by atoms with Gasteiger partial charge in [-0.2, -0.15) is 0 Å². The van der Waals surface area contributed by atoms with Gasteiger partial charge in [-0.05, 0) is 13.0 Å². The van der Waals surface area contributed by atoms with Crippen molar-refractivity contribution < 1.29 is 0 Å². The van der Waals surface area contributed by atoms with Crippen molar-refractivity contribution in [2.75, 3.05) is 6.54 Å². The van der Waals surface area contributed by atoms with Gasteiger partial charge < -0.3 is 5.73 Å². The molecular formula is C10H19N3S. The number of hydrogen-bond donors (Lipinski definition) is 1. The first kappa shape index (κ1) is 11.6. The van der Waals surface area contributed by atoms with Crippen LogP contribution < -0.4 is 5.73 Å². The molecule has 1 aromatic heterocycles. The van der Waals surface area contributed by atoms with E-state index in [-0.39, 0.29) is 0 Å². The highest BCUT2D eigenvalue weighted by molar-refractivity contribution is 7.11. The largest absolute Gasteiger partial charge is 0.330 e. The first-order valence-electron chi connectivity index (χ1n) is 5.38. The number of hydrogen-bond acceptors (Lipinski definition) is 4. The van der Waals surface area contributed by atoms with Crippen molar-refractivity contribution in [3.05, 3.63) is 10.0 Å². The second-order valence-corrected chi connectivity index (χ2v) is 4.59. The summed E-state index contributed by atoms with van der Waals surface area (Å²) in [5, 5.41) is 10.5. The van der Waals surface area contributed by atoms with E-state index in [4.69, 9.17) is 5.73 Å². The molecule has 80 valence electrons. The summed E-state index contributed by atoms with van der Waals surface area (Å²) in [7, 11) is 0. The van der Waals surface area contributed by atoms with Gasteiger partial charge in [0.1, 0.15) is 10.0 Å². The Kier molecular flexibility index (Phi) is 5.71. The first-order valence-corrected chi connectivity index (χ1v) is 6.19. The molecule has 0 aliphatic heterocycles. The molecule has 0 radical (unpaired) electrons. The molecule has 1 heterocycles. The van der Waals surface area contributed by atoms with Crippen LogP contribution in [-0.4, -0.2) is 16.7 Å². The van der Waals surface area contributed by atoms with Crippen LogP contribution in [0.5, 0.6) is 0 Å². The van der Waals surface area contributed by atoms with Crippen molar-refractivity contribution >= 4 is 11.3 Å². The molecule has 0 fully saturated rings. The first-order chi connectivity index (χ1) is 6.86. The normalized spacial score (nSPS) is 10.7. The second-order valence-electron chi connectivity index (χ2n) is 3.44. The summed E-state index contributed by atoms with van der Waals surface area (Å²) in [6, 6.07) is 0. The minimum absolute atomic E-state index is 0.671. The Hall–Kier alpha value is -0.480. The second kappa shape index (κ2) is 6.90. The number of aromatic nitrogens is 2. The van der Waals surface area contributed by atoms with Gasteiger partial charge in [0.2, 0.25) is 0 Å². The van der Waals surface area contributed by atoms with E-state index in [9.17, 15) is 0 Å². The Morgan fingerprint density at radius 2 is 1.79 bits per heavy atom. The summed E-state index contributed by atoms with van der Waals surface area (Å²) in [4.78, 5) is 0. The van der Waals surface area contributed by atoms with Gasteiger partial charge in [0.05, 0.1) is 0 Å². The van der Waals surface area contributed by atoms with Gasteiger partial charge in [-0.1, -0.05) is 26.2 Å². The van der Waals surface area contributed by atoms with Crippen molar-refractivity contribution in [1.29, 1.82) is 0 Å². The Labute approximate surface area is 89.7 Å². The lowest BCUT2D eigenvalue weighted by atomic mass is 10.2. The zero-order valence-electron chi connectivity index (χ0n) is 8.83. The average Bonchev–Trinajstić information content (AvgIpc) is 2.61. The maximum atomic E-state index is 5.45. The molecule has 0 aliphatic rings. The molecule has 1 aromatic rings. The fourth-order valence-electron chi connectivity index (χ4n) is 1.32. The summed E-state index contributed by atoms with van der Waals surface area (Å²) in [6.07, 6.45) is 7.12. The van der Waals surface area contributed by atoms with E-state index < -0.39 is 0 Å². The van der Waals surface area contributed by atoms with Crippen LogP contribution in [0.3, 0.4) is 0 Å². The monoisotopic (exact) mass is 213 g/mol. The van der Waals surface area contributed by atoms with E-state index >= 15 is 0 Å². The molecule has 0 spiro atoms. The minimum atomic E-state index is 0.671. The van der Waals surface area contributed by atoms with Crippen LogP contribution in [0.4, 0.5) is 0 Å². The van der Waals surface area contributed by atoms with Crippen molar-refractivity contribution in [2.45, 2.75) is 45.4 Å². The van der Waals surface area contributed by atoms with Crippen LogP contribution in [0.25, 0.3) is 0 Å². The number of unbranched alkanes of at least 4 members (excludes halogenated alkanes) is 3. The van der Waals surface area contributed by atoms with Crippen LogP contribution in [0.15, 0.2) is 0 Å². The maximum absolute atomic E-state index is 5.45. The highest BCUT2D eigenvalue weighted by Gasteiger charge is 2.02. The van der Waals surface area contributed by atoms with Gasteiger partial charge in [-0.15, -0.1) is 21.5 Å². The highest BCUT2D eigenvalue weighted by atomic mass is 32.1. The lowest BCUT2D eigenvalue weighted by molar-refractivity contribution is 0.662. The van der Waals surface area contributed by atoms with Crippen LogP contribution in [-0.2, 0) is 12.8 Å². The van der Waals surface area contributed by atoms with Gasteiger partial charge in [-0.3, -0.25) is 0 Å². The molecule has 4 heteroatoms. The molecule has 3 nitrogen and oxygen atoms in total. The van der Waals surface area contributed by atoms with Crippen LogP contribution in [0, 0.1) is 0 Å².